The smallest absolute Gasteiger partial charge is 0.185 e. The van der Waals surface area contributed by atoms with E-state index in [4.69, 9.17) is 4.74 Å². The van der Waals surface area contributed by atoms with E-state index in [0.29, 0.717) is 6.04 Å². The summed E-state index contributed by atoms with van der Waals surface area (Å²) in [4.78, 5) is 8.22. The Morgan fingerprint density at radius 2 is 2.11 bits per heavy atom. The van der Waals surface area contributed by atoms with Crippen LogP contribution in [0.15, 0.2) is 0 Å². The van der Waals surface area contributed by atoms with Crippen LogP contribution >= 0.6 is 11.3 Å². The van der Waals surface area contributed by atoms with Gasteiger partial charge in [-0.05, 0) is 32.1 Å². The lowest BCUT2D eigenvalue weighted by Gasteiger charge is -2.30. The Balaban J connectivity index is 1.79. The maximum Gasteiger partial charge on any atom is 0.185 e. The van der Waals surface area contributed by atoms with Crippen molar-refractivity contribution >= 4 is 16.5 Å². The van der Waals surface area contributed by atoms with Gasteiger partial charge in [0.15, 0.2) is 5.13 Å². The lowest BCUT2D eigenvalue weighted by atomic mass is 10.0. The summed E-state index contributed by atoms with van der Waals surface area (Å²) in [7, 11) is 2.12. The molecule has 1 saturated heterocycles. The quantitative estimate of drug-likeness (QED) is 0.892. The highest BCUT2D eigenvalue weighted by Crippen LogP contribution is 2.37. The molecular weight excluding hydrogens is 248 g/mol. The first-order chi connectivity index (χ1) is 8.75. The van der Waals surface area contributed by atoms with Gasteiger partial charge in [-0.3, -0.25) is 0 Å². The van der Waals surface area contributed by atoms with Gasteiger partial charge >= 0.3 is 0 Å². The van der Waals surface area contributed by atoms with Crippen LogP contribution in [0.1, 0.15) is 42.4 Å². The summed E-state index contributed by atoms with van der Waals surface area (Å²) < 4.78 is 5.40. The van der Waals surface area contributed by atoms with Crippen molar-refractivity contribution in [3.8, 4) is 0 Å². The molecule has 4 nitrogen and oxygen atoms in total. The summed E-state index contributed by atoms with van der Waals surface area (Å²) >= 11 is 1.75. The van der Waals surface area contributed by atoms with Gasteiger partial charge in [-0.2, -0.15) is 0 Å². The van der Waals surface area contributed by atoms with Crippen molar-refractivity contribution in [2.45, 2.75) is 44.2 Å². The van der Waals surface area contributed by atoms with E-state index in [1.54, 1.807) is 11.3 Å². The average Bonchev–Trinajstić information content (AvgIpc) is 2.84. The van der Waals surface area contributed by atoms with Crippen LogP contribution in [0, 0.1) is 0 Å². The van der Waals surface area contributed by atoms with Crippen molar-refractivity contribution < 1.29 is 9.84 Å². The first-order valence-corrected chi connectivity index (χ1v) is 7.55. The molecule has 18 heavy (non-hydrogen) atoms. The number of thiazole rings is 1. The Hall–Kier alpha value is -0.650. The number of anilines is 1. The van der Waals surface area contributed by atoms with Crippen LogP contribution < -0.4 is 4.90 Å². The van der Waals surface area contributed by atoms with Gasteiger partial charge in [0.25, 0.3) is 0 Å². The summed E-state index contributed by atoms with van der Waals surface area (Å²) in [6, 6.07) is 0.531. The fourth-order valence-electron chi connectivity index (χ4n) is 2.76. The van der Waals surface area contributed by atoms with E-state index in [0.717, 1.165) is 56.1 Å². The van der Waals surface area contributed by atoms with Crippen LogP contribution in [-0.2, 0) is 11.2 Å². The third-order valence-electron chi connectivity index (χ3n) is 3.95. The number of aliphatic hydroxyl groups is 1. The molecule has 0 bridgehead atoms. The fraction of sp³-hybridized carbons (Fsp3) is 0.769. The Morgan fingerprint density at radius 1 is 1.33 bits per heavy atom. The van der Waals surface area contributed by atoms with Crippen LogP contribution in [-0.4, -0.2) is 36.4 Å². The molecule has 1 aliphatic carbocycles. The molecule has 3 rings (SSSR count). The van der Waals surface area contributed by atoms with Crippen LogP contribution in [0.2, 0.25) is 0 Å². The molecule has 1 aromatic rings. The zero-order valence-electron chi connectivity index (χ0n) is 10.8. The SMILES string of the molecule is CN(c1nc2c(s1)CCCC2O)C1CCOCC1. The lowest BCUT2D eigenvalue weighted by Crippen LogP contribution is -2.36. The molecule has 100 valence electrons. The van der Waals surface area contributed by atoms with Crippen LogP contribution in [0.5, 0.6) is 0 Å². The minimum Gasteiger partial charge on any atom is -0.387 e. The molecule has 0 radical (unpaired) electrons. The number of rotatable bonds is 2. The number of aliphatic hydroxyl groups excluding tert-OH is 1. The van der Waals surface area contributed by atoms with Crippen molar-refractivity contribution in [1.29, 1.82) is 0 Å². The summed E-state index contributed by atoms with van der Waals surface area (Å²) in [5.74, 6) is 0. The van der Waals surface area contributed by atoms with E-state index in [1.165, 1.54) is 4.88 Å². The molecule has 5 heteroatoms. The molecule has 1 fully saturated rings. The number of ether oxygens (including phenoxy) is 1. The first kappa shape index (κ1) is 12.4. The van der Waals surface area contributed by atoms with E-state index in [9.17, 15) is 5.11 Å². The highest BCUT2D eigenvalue weighted by molar-refractivity contribution is 7.15. The third-order valence-corrected chi connectivity index (χ3v) is 5.18. The second-order valence-electron chi connectivity index (χ2n) is 5.17. The monoisotopic (exact) mass is 268 g/mol. The summed E-state index contributed by atoms with van der Waals surface area (Å²) in [5, 5.41) is 11.0. The molecule has 0 spiro atoms. The Kier molecular flexibility index (Phi) is 3.54. The van der Waals surface area contributed by atoms with Crippen molar-refractivity contribution in [2.75, 3.05) is 25.2 Å². The first-order valence-electron chi connectivity index (χ1n) is 6.74. The Labute approximate surface area is 112 Å². The number of fused-ring (bicyclic) bond motifs is 1. The third kappa shape index (κ3) is 2.27. The molecular formula is C13H20N2O2S. The molecule has 0 saturated carbocycles. The van der Waals surface area contributed by atoms with E-state index >= 15 is 0 Å². The summed E-state index contributed by atoms with van der Waals surface area (Å²) in [5.41, 5.74) is 0.931. The number of hydrogen-bond acceptors (Lipinski definition) is 5. The van der Waals surface area contributed by atoms with E-state index in [-0.39, 0.29) is 6.10 Å². The molecule has 0 aromatic carbocycles. The number of nitrogens with zero attached hydrogens (tertiary/aromatic N) is 2. The van der Waals surface area contributed by atoms with Crippen LogP contribution in [0.25, 0.3) is 0 Å². The van der Waals surface area contributed by atoms with Crippen molar-refractivity contribution in [3.63, 3.8) is 0 Å². The van der Waals surface area contributed by atoms with E-state index in [2.05, 4.69) is 16.9 Å². The summed E-state index contributed by atoms with van der Waals surface area (Å²) in [6.45, 7) is 1.70. The lowest BCUT2D eigenvalue weighted by molar-refractivity contribution is 0.0854. The van der Waals surface area contributed by atoms with E-state index in [1.807, 2.05) is 0 Å². The largest absolute Gasteiger partial charge is 0.387 e. The van der Waals surface area contributed by atoms with Crippen LogP contribution in [0.3, 0.4) is 0 Å². The number of aryl methyl sites for hydroxylation is 1. The number of aromatic nitrogens is 1. The minimum atomic E-state index is -0.346. The molecule has 2 aliphatic rings. The Bertz CT molecular complexity index is 415. The number of hydrogen-bond donors (Lipinski definition) is 1. The second kappa shape index (κ2) is 5.15. The van der Waals surface area contributed by atoms with Gasteiger partial charge in [0.1, 0.15) is 0 Å². The van der Waals surface area contributed by atoms with Gasteiger partial charge < -0.3 is 14.7 Å². The van der Waals surface area contributed by atoms with E-state index < -0.39 is 0 Å². The molecule has 0 amide bonds. The van der Waals surface area contributed by atoms with Crippen molar-refractivity contribution in [2.24, 2.45) is 0 Å². The minimum absolute atomic E-state index is 0.346. The van der Waals surface area contributed by atoms with Gasteiger partial charge in [-0.25, -0.2) is 4.98 Å². The van der Waals surface area contributed by atoms with Gasteiger partial charge in [0.05, 0.1) is 11.8 Å². The summed E-state index contributed by atoms with van der Waals surface area (Å²) in [6.07, 6.45) is 4.81. The molecule has 1 N–H and O–H groups in total. The highest BCUT2D eigenvalue weighted by atomic mass is 32.1. The van der Waals surface area contributed by atoms with Crippen molar-refractivity contribution in [1.82, 2.24) is 4.98 Å². The molecule has 1 aromatic heterocycles. The van der Waals surface area contributed by atoms with Gasteiger partial charge in [0.2, 0.25) is 0 Å². The van der Waals surface area contributed by atoms with Gasteiger partial charge in [0, 0.05) is 31.2 Å². The maximum atomic E-state index is 9.97. The van der Waals surface area contributed by atoms with Gasteiger partial charge in [-0.1, -0.05) is 0 Å². The van der Waals surface area contributed by atoms with Crippen LogP contribution in [0.4, 0.5) is 5.13 Å². The molecule has 2 heterocycles. The predicted octanol–water partition coefficient (Wildman–Crippen LogP) is 2.13. The normalized spacial score (nSPS) is 24.9. The standard InChI is InChI=1S/C13H20N2O2S/c1-15(9-5-7-17-8-6-9)13-14-12-10(16)3-2-4-11(12)18-13/h9-10,16H,2-8H2,1H3. The molecule has 1 aliphatic heterocycles. The molecule has 1 unspecified atom stereocenters. The molecule has 1 atom stereocenters. The fourth-order valence-corrected chi connectivity index (χ4v) is 3.95. The highest BCUT2D eigenvalue weighted by Gasteiger charge is 2.26. The predicted molar refractivity (Wildman–Crippen MR) is 72.3 cm³/mol. The van der Waals surface area contributed by atoms with Gasteiger partial charge in [-0.15, -0.1) is 11.3 Å². The second-order valence-corrected chi connectivity index (χ2v) is 6.23. The zero-order chi connectivity index (χ0) is 12.5. The average molecular weight is 268 g/mol. The topological polar surface area (TPSA) is 45.6 Å². The Morgan fingerprint density at radius 3 is 2.83 bits per heavy atom. The zero-order valence-corrected chi connectivity index (χ0v) is 11.6. The van der Waals surface area contributed by atoms with Crippen molar-refractivity contribution in [3.05, 3.63) is 10.6 Å². The maximum absolute atomic E-state index is 9.97.